The van der Waals surface area contributed by atoms with E-state index in [0.29, 0.717) is 11.4 Å². The van der Waals surface area contributed by atoms with Crippen LogP contribution in [-0.4, -0.2) is 28.0 Å². The van der Waals surface area contributed by atoms with E-state index in [4.69, 9.17) is 9.84 Å². The molecule has 0 bridgehead atoms. The van der Waals surface area contributed by atoms with Gasteiger partial charge in [-0.25, -0.2) is 4.79 Å². The number of hydrogen-bond donors (Lipinski definition) is 1. The first-order valence-corrected chi connectivity index (χ1v) is 6.77. The van der Waals surface area contributed by atoms with Crippen LogP contribution in [0.25, 0.3) is 11.3 Å². The first-order chi connectivity index (χ1) is 9.36. The van der Waals surface area contributed by atoms with Gasteiger partial charge in [0, 0.05) is 11.5 Å². The van der Waals surface area contributed by atoms with E-state index in [1.165, 1.54) is 0 Å². The van der Waals surface area contributed by atoms with Crippen molar-refractivity contribution in [3.63, 3.8) is 0 Å². The minimum atomic E-state index is -1.05. The van der Waals surface area contributed by atoms with Gasteiger partial charge < -0.3 is 9.84 Å². The van der Waals surface area contributed by atoms with Crippen LogP contribution in [0.1, 0.15) is 21.6 Å². The molecule has 1 aromatic carbocycles. The van der Waals surface area contributed by atoms with E-state index in [-0.39, 0.29) is 5.69 Å². The van der Waals surface area contributed by atoms with Crippen molar-refractivity contribution in [3.05, 3.63) is 33.4 Å². The largest absolute Gasteiger partial charge is 0.496 e. The quantitative estimate of drug-likeness (QED) is 0.933. The van der Waals surface area contributed by atoms with E-state index in [1.54, 1.807) is 24.9 Å². The highest BCUT2D eigenvalue weighted by molar-refractivity contribution is 9.10. The van der Waals surface area contributed by atoms with Crippen LogP contribution in [0.2, 0.25) is 0 Å². The Morgan fingerprint density at radius 1 is 1.35 bits per heavy atom. The molecule has 0 amide bonds. The normalized spacial score (nSPS) is 10.7. The van der Waals surface area contributed by atoms with Crippen molar-refractivity contribution < 1.29 is 14.6 Å². The topological polar surface area (TPSA) is 64.3 Å². The van der Waals surface area contributed by atoms with Crippen LogP contribution in [0, 0.1) is 13.8 Å². The third-order valence-corrected chi connectivity index (χ3v) is 4.17. The van der Waals surface area contributed by atoms with Gasteiger partial charge in [0.05, 0.1) is 18.4 Å². The molecule has 20 heavy (non-hydrogen) atoms. The van der Waals surface area contributed by atoms with Crippen molar-refractivity contribution in [1.29, 1.82) is 0 Å². The van der Waals surface area contributed by atoms with Crippen molar-refractivity contribution in [2.24, 2.45) is 7.05 Å². The molecule has 0 atom stereocenters. The molecule has 6 heteroatoms. The van der Waals surface area contributed by atoms with E-state index in [1.807, 2.05) is 19.9 Å². The van der Waals surface area contributed by atoms with Gasteiger partial charge in [-0.2, -0.15) is 5.10 Å². The van der Waals surface area contributed by atoms with Gasteiger partial charge in [0.2, 0.25) is 0 Å². The first-order valence-electron chi connectivity index (χ1n) is 5.98. The molecule has 2 aromatic rings. The zero-order valence-electron chi connectivity index (χ0n) is 11.7. The third kappa shape index (κ3) is 2.31. The zero-order chi connectivity index (χ0) is 15.0. The summed E-state index contributed by atoms with van der Waals surface area (Å²) in [5.41, 5.74) is 3.55. The molecule has 1 N–H and O–H groups in total. The van der Waals surface area contributed by atoms with Crippen molar-refractivity contribution in [1.82, 2.24) is 9.78 Å². The number of ether oxygens (including phenoxy) is 1. The monoisotopic (exact) mass is 338 g/mol. The van der Waals surface area contributed by atoms with Gasteiger partial charge in [0.1, 0.15) is 5.75 Å². The van der Waals surface area contributed by atoms with Crippen molar-refractivity contribution in [2.75, 3.05) is 7.11 Å². The SMILES string of the molecule is COc1c(C)cc(C)c(Br)c1-c1cc(C(=O)O)nn1C. The Morgan fingerprint density at radius 3 is 2.50 bits per heavy atom. The Labute approximate surface area is 125 Å². The van der Waals surface area contributed by atoms with Crippen LogP contribution >= 0.6 is 15.9 Å². The Morgan fingerprint density at radius 2 is 2.00 bits per heavy atom. The highest BCUT2D eigenvalue weighted by Gasteiger charge is 2.20. The van der Waals surface area contributed by atoms with Crippen LogP contribution in [-0.2, 0) is 7.05 Å². The first kappa shape index (κ1) is 14.6. The number of carboxylic acid groups (broad SMARTS) is 1. The molecule has 0 spiro atoms. The van der Waals surface area contributed by atoms with Gasteiger partial charge >= 0.3 is 5.97 Å². The molecule has 0 fully saturated rings. The predicted octanol–water partition coefficient (Wildman–Crippen LogP) is 3.17. The summed E-state index contributed by atoms with van der Waals surface area (Å²) in [6, 6.07) is 3.56. The van der Waals surface area contributed by atoms with Crippen molar-refractivity contribution in [2.45, 2.75) is 13.8 Å². The van der Waals surface area contributed by atoms with Gasteiger partial charge in [-0.15, -0.1) is 0 Å². The highest BCUT2D eigenvalue weighted by atomic mass is 79.9. The maximum absolute atomic E-state index is 11.1. The summed E-state index contributed by atoms with van der Waals surface area (Å²) in [7, 11) is 3.31. The van der Waals surface area contributed by atoms with E-state index in [0.717, 1.165) is 21.2 Å². The van der Waals surface area contributed by atoms with E-state index >= 15 is 0 Å². The number of aromatic nitrogens is 2. The number of rotatable bonds is 3. The molecule has 1 aromatic heterocycles. The van der Waals surface area contributed by atoms with E-state index in [2.05, 4.69) is 21.0 Å². The van der Waals surface area contributed by atoms with Gasteiger partial charge in [-0.1, -0.05) is 6.07 Å². The fourth-order valence-corrected chi connectivity index (χ4v) is 2.74. The van der Waals surface area contributed by atoms with Crippen LogP contribution in [0.4, 0.5) is 0 Å². The number of carboxylic acids is 1. The molecule has 0 aliphatic carbocycles. The Kier molecular flexibility index (Phi) is 3.85. The molecule has 0 radical (unpaired) electrons. The average Bonchev–Trinajstić information content (AvgIpc) is 2.75. The van der Waals surface area contributed by atoms with Crippen LogP contribution in [0.15, 0.2) is 16.6 Å². The summed E-state index contributed by atoms with van der Waals surface area (Å²) in [4.78, 5) is 11.1. The lowest BCUT2D eigenvalue weighted by molar-refractivity contribution is 0.0689. The second-order valence-electron chi connectivity index (χ2n) is 4.58. The van der Waals surface area contributed by atoms with Crippen LogP contribution in [0.5, 0.6) is 5.75 Å². The van der Waals surface area contributed by atoms with E-state index < -0.39 is 5.97 Å². The summed E-state index contributed by atoms with van der Waals surface area (Å²) >= 11 is 3.55. The maximum Gasteiger partial charge on any atom is 0.356 e. The fraction of sp³-hybridized carbons (Fsp3) is 0.286. The molecule has 0 saturated carbocycles. The molecular weight excluding hydrogens is 324 g/mol. The molecule has 1 heterocycles. The number of aromatic carboxylic acids is 1. The number of benzene rings is 1. The minimum Gasteiger partial charge on any atom is -0.496 e. The van der Waals surface area contributed by atoms with Gasteiger partial charge in [0.15, 0.2) is 5.69 Å². The lowest BCUT2D eigenvalue weighted by atomic mass is 10.0. The minimum absolute atomic E-state index is 0.00983. The molecule has 0 saturated heterocycles. The molecule has 0 unspecified atom stereocenters. The molecule has 2 rings (SSSR count). The second kappa shape index (κ2) is 5.28. The van der Waals surface area contributed by atoms with E-state index in [9.17, 15) is 4.79 Å². The lowest BCUT2D eigenvalue weighted by Crippen LogP contribution is -2.01. The molecule has 5 nitrogen and oxygen atoms in total. The predicted molar refractivity (Wildman–Crippen MR) is 79.3 cm³/mol. The van der Waals surface area contributed by atoms with Crippen LogP contribution < -0.4 is 4.74 Å². The third-order valence-electron chi connectivity index (χ3n) is 3.14. The van der Waals surface area contributed by atoms with Gasteiger partial charge in [-0.05, 0) is 47.0 Å². The average molecular weight is 339 g/mol. The number of aryl methyl sites for hydroxylation is 3. The number of halogens is 1. The Hall–Kier alpha value is -1.82. The number of hydrogen-bond acceptors (Lipinski definition) is 3. The van der Waals surface area contributed by atoms with Crippen molar-refractivity contribution in [3.8, 4) is 17.0 Å². The number of carbonyl (C=O) groups is 1. The number of methoxy groups -OCH3 is 1. The summed E-state index contributed by atoms with van der Waals surface area (Å²) in [5.74, 6) is -0.339. The smallest absolute Gasteiger partial charge is 0.356 e. The molecular formula is C14H15BrN2O3. The standard InChI is InChI=1S/C14H15BrN2O3/c1-7-5-8(2)13(20-4)11(12(7)15)10-6-9(14(18)19)16-17(10)3/h5-6H,1-4H3,(H,18,19). The van der Waals surface area contributed by atoms with Crippen LogP contribution in [0.3, 0.4) is 0 Å². The number of nitrogens with zero attached hydrogens (tertiary/aromatic N) is 2. The summed E-state index contributed by atoms with van der Waals surface area (Å²) in [6.07, 6.45) is 0. The maximum atomic E-state index is 11.1. The van der Waals surface area contributed by atoms with Gasteiger partial charge in [-0.3, -0.25) is 4.68 Å². The second-order valence-corrected chi connectivity index (χ2v) is 5.37. The lowest BCUT2D eigenvalue weighted by Gasteiger charge is -2.15. The molecule has 106 valence electrons. The summed E-state index contributed by atoms with van der Waals surface area (Å²) < 4.78 is 7.89. The molecule has 0 aliphatic rings. The van der Waals surface area contributed by atoms with Gasteiger partial charge in [0.25, 0.3) is 0 Å². The zero-order valence-corrected chi connectivity index (χ0v) is 13.3. The highest BCUT2D eigenvalue weighted by Crippen LogP contribution is 2.41. The Balaban J connectivity index is 2.78. The Bertz CT molecular complexity index is 692. The fourth-order valence-electron chi connectivity index (χ4n) is 2.25. The summed E-state index contributed by atoms with van der Waals surface area (Å²) in [6.45, 7) is 3.94. The summed E-state index contributed by atoms with van der Waals surface area (Å²) in [5, 5.41) is 13.1. The van der Waals surface area contributed by atoms with Crippen molar-refractivity contribution >= 4 is 21.9 Å². The molecule has 0 aliphatic heterocycles.